The third-order valence-electron chi connectivity index (χ3n) is 4.03. The molecule has 0 spiro atoms. The molecule has 0 saturated heterocycles. The fourth-order valence-electron chi connectivity index (χ4n) is 3.12. The molecule has 0 saturated carbocycles. The second-order valence-corrected chi connectivity index (χ2v) is 5.58. The van der Waals surface area contributed by atoms with E-state index in [4.69, 9.17) is 0 Å². The average Bonchev–Trinajstić information content (AvgIpc) is 2.62. The molecule has 1 aliphatic rings. The number of para-hydroxylation sites is 1. The lowest BCUT2D eigenvalue weighted by atomic mass is 10.1. The molecule has 1 aromatic rings. The van der Waals surface area contributed by atoms with Crippen molar-refractivity contribution in [1.82, 2.24) is 5.32 Å². The number of likely N-dealkylation sites (N-methyl/N-ethyl adjacent to an activating group) is 1. The van der Waals surface area contributed by atoms with Crippen LogP contribution in [0.5, 0.6) is 0 Å². The predicted molar refractivity (Wildman–Crippen MR) is 84.0 cm³/mol. The maximum absolute atomic E-state index is 3.64. The van der Waals surface area contributed by atoms with E-state index < -0.39 is 0 Å². The van der Waals surface area contributed by atoms with E-state index in [-0.39, 0.29) is 0 Å². The lowest BCUT2D eigenvalue weighted by molar-refractivity contribution is 0.479. The van der Waals surface area contributed by atoms with Crippen LogP contribution in [-0.4, -0.2) is 25.7 Å². The summed E-state index contributed by atoms with van der Waals surface area (Å²) in [7, 11) is 0. The van der Waals surface area contributed by atoms with Crippen molar-refractivity contribution in [2.24, 2.45) is 0 Å². The van der Waals surface area contributed by atoms with Gasteiger partial charge in [-0.2, -0.15) is 0 Å². The van der Waals surface area contributed by atoms with Gasteiger partial charge in [0.1, 0.15) is 0 Å². The highest BCUT2D eigenvalue weighted by Crippen LogP contribution is 2.26. The fraction of sp³-hybridized carbons (Fsp3) is 0.647. The van der Waals surface area contributed by atoms with Gasteiger partial charge in [0.2, 0.25) is 0 Å². The van der Waals surface area contributed by atoms with E-state index in [9.17, 15) is 0 Å². The van der Waals surface area contributed by atoms with Crippen LogP contribution in [0, 0.1) is 0 Å². The van der Waals surface area contributed by atoms with Crippen molar-refractivity contribution in [1.29, 1.82) is 0 Å². The van der Waals surface area contributed by atoms with E-state index in [1.807, 2.05) is 0 Å². The summed E-state index contributed by atoms with van der Waals surface area (Å²) in [6, 6.07) is 9.59. The van der Waals surface area contributed by atoms with Crippen molar-refractivity contribution in [3.05, 3.63) is 29.8 Å². The van der Waals surface area contributed by atoms with Gasteiger partial charge >= 0.3 is 0 Å². The van der Waals surface area contributed by atoms with Gasteiger partial charge in [0.05, 0.1) is 0 Å². The zero-order chi connectivity index (χ0) is 13.5. The standard InChI is InChI=1S/C17H28N2/c1-3-9-16(18-4-2)14-19-13-8-7-11-15-10-5-6-12-17(15)19/h5-6,10,12,16,18H,3-4,7-9,11,13-14H2,1-2H3. The summed E-state index contributed by atoms with van der Waals surface area (Å²) in [5, 5.41) is 3.64. The molecule has 1 aromatic carbocycles. The molecule has 1 aliphatic heterocycles. The Hall–Kier alpha value is -1.02. The number of benzene rings is 1. The molecule has 0 aromatic heterocycles. The van der Waals surface area contributed by atoms with Gasteiger partial charge in [0.25, 0.3) is 0 Å². The van der Waals surface area contributed by atoms with E-state index in [0.29, 0.717) is 6.04 Å². The average molecular weight is 260 g/mol. The molecule has 0 amide bonds. The quantitative estimate of drug-likeness (QED) is 0.840. The summed E-state index contributed by atoms with van der Waals surface area (Å²) in [5.41, 5.74) is 3.01. The summed E-state index contributed by atoms with van der Waals surface area (Å²) in [5.74, 6) is 0. The molecular formula is C17H28N2. The van der Waals surface area contributed by atoms with Crippen LogP contribution in [0.3, 0.4) is 0 Å². The van der Waals surface area contributed by atoms with Gasteiger partial charge in [-0.25, -0.2) is 0 Å². The first-order valence-electron chi connectivity index (χ1n) is 7.91. The molecule has 1 atom stereocenters. The van der Waals surface area contributed by atoms with Crippen LogP contribution in [-0.2, 0) is 6.42 Å². The van der Waals surface area contributed by atoms with Crippen molar-refractivity contribution in [3.63, 3.8) is 0 Å². The Kier molecular flexibility index (Phi) is 5.71. The van der Waals surface area contributed by atoms with Crippen LogP contribution in [0.2, 0.25) is 0 Å². The highest BCUT2D eigenvalue weighted by Gasteiger charge is 2.17. The SMILES string of the molecule is CCCC(CN1CCCCc2ccccc21)NCC. The molecular weight excluding hydrogens is 232 g/mol. The highest BCUT2D eigenvalue weighted by molar-refractivity contribution is 5.54. The predicted octanol–water partition coefficient (Wildman–Crippen LogP) is 3.61. The van der Waals surface area contributed by atoms with Crippen LogP contribution in [0.4, 0.5) is 5.69 Å². The number of rotatable bonds is 6. The van der Waals surface area contributed by atoms with Crippen molar-refractivity contribution < 1.29 is 0 Å². The number of aryl methyl sites for hydroxylation is 1. The maximum Gasteiger partial charge on any atom is 0.0399 e. The van der Waals surface area contributed by atoms with E-state index in [1.165, 1.54) is 49.9 Å². The minimum Gasteiger partial charge on any atom is -0.370 e. The summed E-state index contributed by atoms with van der Waals surface area (Å²) in [6.45, 7) is 7.92. The van der Waals surface area contributed by atoms with Gasteiger partial charge in [-0.05, 0) is 43.9 Å². The Labute approximate surface area is 118 Å². The summed E-state index contributed by atoms with van der Waals surface area (Å²) in [6.07, 6.45) is 6.42. The molecule has 0 fully saturated rings. The van der Waals surface area contributed by atoms with E-state index in [0.717, 1.165) is 13.1 Å². The van der Waals surface area contributed by atoms with Crippen molar-refractivity contribution in [2.75, 3.05) is 24.5 Å². The van der Waals surface area contributed by atoms with Gasteiger partial charge in [-0.1, -0.05) is 38.5 Å². The summed E-state index contributed by atoms with van der Waals surface area (Å²) in [4.78, 5) is 2.60. The van der Waals surface area contributed by atoms with E-state index >= 15 is 0 Å². The first kappa shape index (κ1) is 14.4. The van der Waals surface area contributed by atoms with E-state index in [1.54, 1.807) is 0 Å². The molecule has 1 heterocycles. The molecule has 106 valence electrons. The number of nitrogens with zero attached hydrogens (tertiary/aromatic N) is 1. The van der Waals surface area contributed by atoms with Crippen LogP contribution in [0.15, 0.2) is 24.3 Å². The molecule has 2 rings (SSSR count). The Bertz CT molecular complexity index is 369. The molecule has 0 aliphatic carbocycles. The lowest BCUT2D eigenvalue weighted by Gasteiger charge is -2.30. The zero-order valence-electron chi connectivity index (χ0n) is 12.5. The first-order valence-corrected chi connectivity index (χ1v) is 7.91. The molecule has 1 N–H and O–H groups in total. The fourth-order valence-corrected chi connectivity index (χ4v) is 3.12. The Morgan fingerprint density at radius 1 is 1.21 bits per heavy atom. The Morgan fingerprint density at radius 3 is 2.84 bits per heavy atom. The number of nitrogens with one attached hydrogen (secondary N) is 1. The first-order chi connectivity index (χ1) is 9.35. The number of anilines is 1. The maximum atomic E-state index is 3.64. The normalized spacial score (nSPS) is 16.8. The molecule has 0 bridgehead atoms. The Balaban J connectivity index is 2.10. The lowest BCUT2D eigenvalue weighted by Crippen LogP contribution is -2.41. The van der Waals surface area contributed by atoms with Gasteiger partial charge in [-0.3, -0.25) is 0 Å². The van der Waals surface area contributed by atoms with Crippen molar-refractivity contribution in [2.45, 2.75) is 52.0 Å². The Morgan fingerprint density at radius 2 is 2.05 bits per heavy atom. The number of hydrogen-bond donors (Lipinski definition) is 1. The monoisotopic (exact) mass is 260 g/mol. The third kappa shape index (κ3) is 3.97. The van der Waals surface area contributed by atoms with Crippen LogP contribution >= 0.6 is 0 Å². The highest BCUT2D eigenvalue weighted by atomic mass is 15.2. The van der Waals surface area contributed by atoms with Gasteiger partial charge in [0, 0.05) is 24.8 Å². The largest absolute Gasteiger partial charge is 0.370 e. The van der Waals surface area contributed by atoms with Crippen molar-refractivity contribution >= 4 is 5.69 Å². The van der Waals surface area contributed by atoms with Crippen molar-refractivity contribution in [3.8, 4) is 0 Å². The van der Waals surface area contributed by atoms with E-state index in [2.05, 4.69) is 48.3 Å². The second kappa shape index (κ2) is 7.54. The minimum atomic E-state index is 0.626. The topological polar surface area (TPSA) is 15.3 Å². The summed E-state index contributed by atoms with van der Waals surface area (Å²) >= 11 is 0. The van der Waals surface area contributed by atoms with Crippen LogP contribution < -0.4 is 10.2 Å². The molecule has 0 radical (unpaired) electrons. The molecule has 2 heteroatoms. The molecule has 19 heavy (non-hydrogen) atoms. The van der Waals surface area contributed by atoms with Gasteiger partial charge in [-0.15, -0.1) is 0 Å². The number of fused-ring (bicyclic) bond motifs is 1. The second-order valence-electron chi connectivity index (χ2n) is 5.58. The van der Waals surface area contributed by atoms with Crippen LogP contribution in [0.1, 0.15) is 45.1 Å². The van der Waals surface area contributed by atoms with Crippen LogP contribution in [0.25, 0.3) is 0 Å². The zero-order valence-corrected chi connectivity index (χ0v) is 12.5. The smallest absolute Gasteiger partial charge is 0.0399 e. The number of hydrogen-bond acceptors (Lipinski definition) is 2. The minimum absolute atomic E-state index is 0.626. The van der Waals surface area contributed by atoms with Gasteiger partial charge < -0.3 is 10.2 Å². The third-order valence-corrected chi connectivity index (χ3v) is 4.03. The van der Waals surface area contributed by atoms with Gasteiger partial charge in [0.15, 0.2) is 0 Å². The summed E-state index contributed by atoms with van der Waals surface area (Å²) < 4.78 is 0. The molecule has 2 nitrogen and oxygen atoms in total. The molecule has 1 unspecified atom stereocenters.